The third-order valence-corrected chi connectivity index (χ3v) is 3.74. The van der Waals surface area contributed by atoms with Crippen molar-refractivity contribution in [3.8, 4) is 5.75 Å². The van der Waals surface area contributed by atoms with Gasteiger partial charge in [0.2, 0.25) is 0 Å². The summed E-state index contributed by atoms with van der Waals surface area (Å²) >= 11 is 0. The third kappa shape index (κ3) is 4.43. The number of aliphatic hydroxyl groups excluding tert-OH is 1. The summed E-state index contributed by atoms with van der Waals surface area (Å²) in [6, 6.07) is 5.61. The van der Waals surface area contributed by atoms with Crippen LogP contribution in [-0.4, -0.2) is 53.5 Å². The van der Waals surface area contributed by atoms with E-state index < -0.39 is 5.97 Å². The Balaban J connectivity index is 2.09. The highest BCUT2D eigenvalue weighted by Crippen LogP contribution is 2.22. The molecule has 6 nitrogen and oxygen atoms in total. The molecular formula is C16H23NO5. The quantitative estimate of drug-likeness (QED) is 0.789. The van der Waals surface area contributed by atoms with Crippen molar-refractivity contribution in [2.75, 3.05) is 26.4 Å². The highest BCUT2D eigenvalue weighted by atomic mass is 16.5. The summed E-state index contributed by atoms with van der Waals surface area (Å²) in [6.07, 6.45) is 0.0733. The van der Waals surface area contributed by atoms with Crippen LogP contribution >= 0.6 is 0 Å². The number of nitrogens with zero attached hydrogens (tertiary/aromatic N) is 1. The molecule has 0 aliphatic carbocycles. The van der Waals surface area contributed by atoms with E-state index in [2.05, 4.69) is 4.90 Å². The molecule has 22 heavy (non-hydrogen) atoms. The van der Waals surface area contributed by atoms with E-state index in [0.29, 0.717) is 38.7 Å². The summed E-state index contributed by atoms with van der Waals surface area (Å²) in [6.45, 7) is 4.77. The first kappa shape index (κ1) is 16.7. The van der Waals surface area contributed by atoms with Gasteiger partial charge < -0.3 is 19.7 Å². The number of morpholine rings is 1. The molecule has 1 unspecified atom stereocenters. The van der Waals surface area contributed by atoms with E-state index >= 15 is 0 Å². The number of ether oxygens (including phenoxy) is 2. The van der Waals surface area contributed by atoms with Crippen molar-refractivity contribution in [1.82, 2.24) is 4.90 Å². The maximum absolute atomic E-state index is 11.0. The van der Waals surface area contributed by atoms with Crippen molar-refractivity contribution < 1.29 is 24.5 Å². The molecule has 1 aromatic rings. The monoisotopic (exact) mass is 309 g/mol. The number of rotatable bonds is 7. The van der Waals surface area contributed by atoms with Gasteiger partial charge in [0.05, 0.1) is 32.8 Å². The summed E-state index contributed by atoms with van der Waals surface area (Å²) < 4.78 is 10.9. The zero-order valence-corrected chi connectivity index (χ0v) is 12.8. The topological polar surface area (TPSA) is 79.2 Å². The van der Waals surface area contributed by atoms with E-state index in [0.717, 1.165) is 11.1 Å². The number of aliphatic hydroxyl groups is 1. The standard InChI is InChI=1S/C16H23NO5/c1-2-22-15-4-3-12(7-13(15)10-18)9-17-5-6-21-11-14(17)8-16(19)20/h3-4,7,14,18H,2,5-6,8-11H2,1H3,(H,19,20). The predicted octanol–water partition coefficient (Wildman–Crippen LogP) is 1.25. The molecule has 122 valence electrons. The van der Waals surface area contributed by atoms with Crippen molar-refractivity contribution in [2.45, 2.75) is 32.5 Å². The number of hydrogen-bond acceptors (Lipinski definition) is 5. The number of carboxylic acids is 1. The van der Waals surface area contributed by atoms with Crippen LogP contribution in [0.25, 0.3) is 0 Å². The summed E-state index contributed by atoms with van der Waals surface area (Å²) in [5.41, 5.74) is 1.78. The molecule has 0 saturated carbocycles. The lowest BCUT2D eigenvalue weighted by molar-refractivity contribution is -0.140. The molecule has 1 atom stereocenters. The molecule has 1 aliphatic rings. The fourth-order valence-corrected chi connectivity index (χ4v) is 2.67. The van der Waals surface area contributed by atoms with Crippen LogP contribution in [0.5, 0.6) is 5.75 Å². The van der Waals surface area contributed by atoms with Crippen molar-refractivity contribution >= 4 is 5.97 Å². The van der Waals surface area contributed by atoms with Crippen molar-refractivity contribution in [1.29, 1.82) is 0 Å². The molecule has 1 heterocycles. The molecule has 1 aliphatic heterocycles. The second-order valence-electron chi connectivity index (χ2n) is 5.33. The SMILES string of the molecule is CCOc1ccc(CN2CCOCC2CC(=O)O)cc1CO. The normalized spacial score (nSPS) is 19.1. The minimum Gasteiger partial charge on any atom is -0.494 e. The molecule has 0 radical (unpaired) electrons. The molecular weight excluding hydrogens is 286 g/mol. The second-order valence-corrected chi connectivity index (χ2v) is 5.33. The van der Waals surface area contributed by atoms with E-state index in [1.807, 2.05) is 25.1 Å². The molecule has 6 heteroatoms. The Morgan fingerprint density at radius 2 is 2.32 bits per heavy atom. The second kappa shape index (κ2) is 8.12. The van der Waals surface area contributed by atoms with Gasteiger partial charge in [-0.25, -0.2) is 0 Å². The lowest BCUT2D eigenvalue weighted by atomic mass is 10.1. The Hall–Kier alpha value is -1.63. The van der Waals surface area contributed by atoms with E-state index in [1.165, 1.54) is 0 Å². The molecule has 1 fully saturated rings. The highest BCUT2D eigenvalue weighted by Gasteiger charge is 2.25. The minimum atomic E-state index is -0.816. The van der Waals surface area contributed by atoms with Crippen LogP contribution in [-0.2, 0) is 22.7 Å². The summed E-state index contributed by atoms with van der Waals surface area (Å²) in [5.74, 6) is -0.124. The maximum atomic E-state index is 11.0. The zero-order chi connectivity index (χ0) is 15.9. The van der Waals surface area contributed by atoms with Crippen LogP contribution in [0.1, 0.15) is 24.5 Å². The van der Waals surface area contributed by atoms with Gasteiger partial charge in [-0.3, -0.25) is 9.69 Å². The fraction of sp³-hybridized carbons (Fsp3) is 0.562. The van der Waals surface area contributed by atoms with Crippen LogP contribution in [0.15, 0.2) is 18.2 Å². The first-order valence-electron chi connectivity index (χ1n) is 7.53. The van der Waals surface area contributed by atoms with E-state index in [9.17, 15) is 9.90 Å². The van der Waals surface area contributed by atoms with Crippen LogP contribution in [0.3, 0.4) is 0 Å². The van der Waals surface area contributed by atoms with E-state index in [1.54, 1.807) is 0 Å². The fourth-order valence-electron chi connectivity index (χ4n) is 2.67. The zero-order valence-electron chi connectivity index (χ0n) is 12.8. The summed E-state index contributed by atoms with van der Waals surface area (Å²) in [5, 5.41) is 18.5. The van der Waals surface area contributed by atoms with Gasteiger partial charge in [-0.15, -0.1) is 0 Å². The van der Waals surface area contributed by atoms with Crippen molar-refractivity contribution in [2.24, 2.45) is 0 Å². The Labute approximate surface area is 130 Å². The molecule has 0 spiro atoms. The first-order valence-corrected chi connectivity index (χ1v) is 7.53. The minimum absolute atomic E-state index is 0.0733. The lowest BCUT2D eigenvalue weighted by Crippen LogP contribution is -2.45. The predicted molar refractivity (Wildman–Crippen MR) is 80.8 cm³/mol. The smallest absolute Gasteiger partial charge is 0.305 e. The van der Waals surface area contributed by atoms with Crippen molar-refractivity contribution in [3.05, 3.63) is 29.3 Å². The van der Waals surface area contributed by atoms with Gasteiger partial charge in [0.1, 0.15) is 5.75 Å². The molecule has 1 aromatic carbocycles. The lowest BCUT2D eigenvalue weighted by Gasteiger charge is -2.34. The molecule has 2 rings (SSSR count). The number of carboxylic acid groups (broad SMARTS) is 1. The van der Waals surface area contributed by atoms with Crippen molar-refractivity contribution in [3.63, 3.8) is 0 Å². The van der Waals surface area contributed by atoms with E-state index in [4.69, 9.17) is 14.6 Å². The van der Waals surface area contributed by atoms with Gasteiger partial charge in [0.25, 0.3) is 0 Å². The van der Waals surface area contributed by atoms with E-state index in [-0.39, 0.29) is 19.1 Å². The van der Waals surface area contributed by atoms with Gasteiger partial charge in [0, 0.05) is 24.7 Å². The average Bonchev–Trinajstić information content (AvgIpc) is 2.50. The Morgan fingerprint density at radius 1 is 1.50 bits per heavy atom. The number of benzene rings is 1. The Bertz CT molecular complexity index is 505. The van der Waals surface area contributed by atoms with Gasteiger partial charge in [-0.1, -0.05) is 6.07 Å². The average molecular weight is 309 g/mol. The molecule has 0 aromatic heterocycles. The number of aliphatic carboxylic acids is 1. The molecule has 0 bridgehead atoms. The highest BCUT2D eigenvalue weighted by molar-refractivity contribution is 5.67. The molecule has 2 N–H and O–H groups in total. The molecule has 1 saturated heterocycles. The van der Waals surface area contributed by atoms with Crippen LogP contribution in [0.4, 0.5) is 0 Å². The van der Waals surface area contributed by atoms with Gasteiger partial charge >= 0.3 is 5.97 Å². The maximum Gasteiger partial charge on any atom is 0.305 e. The number of carbonyl (C=O) groups is 1. The van der Waals surface area contributed by atoms with Gasteiger partial charge in [-0.05, 0) is 24.6 Å². The first-order chi connectivity index (χ1) is 10.6. The van der Waals surface area contributed by atoms with Crippen LogP contribution in [0.2, 0.25) is 0 Å². The van der Waals surface area contributed by atoms with Gasteiger partial charge in [0.15, 0.2) is 0 Å². The van der Waals surface area contributed by atoms with Crippen LogP contribution in [0, 0.1) is 0 Å². The number of hydrogen-bond donors (Lipinski definition) is 2. The molecule has 0 amide bonds. The summed E-state index contributed by atoms with van der Waals surface area (Å²) in [4.78, 5) is 13.1. The third-order valence-electron chi connectivity index (χ3n) is 3.74. The van der Waals surface area contributed by atoms with Crippen LogP contribution < -0.4 is 4.74 Å². The van der Waals surface area contributed by atoms with Gasteiger partial charge in [-0.2, -0.15) is 0 Å². The Morgan fingerprint density at radius 3 is 3.00 bits per heavy atom. The Kier molecular flexibility index (Phi) is 6.18. The largest absolute Gasteiger partial charge is 0.494 e. The summed E-state index contributed by atoms with van der Waals surface area (Å²) in [7, 11) is 0.